The SMILES string of the molecule is CCCC(NC(=O)[C@@H]1C[C@@H](OC(C)(C)C)CN1C(=O)[C@@H](NC(=O)OCC(C)C)C(C)(C)C)C(=O)C(=O)NCC(=O)N[C@H](CO)C1SCCS1. The second-order valence-corrected chi connectivity index (χ2v) is 17.7. The predicted octanol–water partition coefficient (Wildman–Crippen LogP) is 1.82. The number of carbonyl (C=O) groups excluding carboxylic acids is 6. The van der Waals surface area contributed by atoms with Crippen LogP contribution < -0.4 is 21.3 Å². The van der Waals surface area contributed by atoms with Crippen LogP contribution in [0.2, 0.25) is 0 Å². The molecule has 2 aliphatic heterocycles. The molecule has 2 heterocycles. The van der Waals surface area contributed by atoms with Gasteiger partial charge in [0.15, 0.2) is 0 Å². The third-order valence-electron chi connectivity index (χ3n) is 7.65. The summed E-state index contributed by atoms with van der Waals surface area (Å²) >= 11 is 3.27. The van der Waals surface area contributed by atoms with E-state index in [-0.39, 0.29) is 43.1 Å². The zero-order valence-corrected chi connectivity index (χ0v) is 32.0. The fraction of sp³-hybridized carbons (Fsp3) is 0.818. The highest BCUT2D eigenvalue weighted by Gasteiger charge is 2.47. The number of aliphatic hydroxyl groups excluding tert-OH is 1. The summed E-state index contributed by atoms with van der Waals surface area (Å²) < 4.78 is 11.4. The van der Waals surface area contributed by atoms with Gasteiger partial charge in [0.25, 0.3) is 5.91 Å². The van der Waals surface area contributed by atoms with Crippen molar-refractivity contribution in [2.75, 3.05) is 37.8 Å². The minimum atomic E-state index is -1.21. The number of nitrogens with zero attached hydrogens (tertiary/aromatic N) is 1. The normalized spacial score (nSPS) is 20.3. The van der Waals surface area contributed by atoms with E-state index in [4.69, 9.17) is 9.47 Å². The monoisotopic (exact) mass is 731 g/mol. The van der Waals surface area contributed by atoms with Gasteiger partial charge in [0.1, 0.15) is 12.1 Å². The Hall–Kier alpha value is -2.56. The van der Waals surface area contributed by atoms with Crippen LogP contribution >= 0.6 is 23.5 Å². The average Bonchev–Trinajstić information content (AvgIpc) is 3.68. The van der Waals surface area contributed by atoms with Crippen molar-refractivity contribution in [2.45, 2.75) is 122 Å². The molecule has 0 aromatic rings. The number of ketones is 1. The third-order valence-corrected chi connectivity index (χ3v) is 10.9. The maximum absolute atomic E-state index is 14.1. The summed E-state index contributed by atoms with van der Waals surface area (Å²) in [5.74, 6) is -1.75. The van der Waals surface area contributed by atoms with Crippen molar-refractivity contribution in [1.82, 2.24) is 26.2 Å². The molecule has 16 heteroatoms. The molecule has 2 rings (SSSR count). The Balaban J connectivity index is 2.19. The maximum atomic E-state index is 14.1. The van der Waals surface area contributed by atoms with Crippen LogP contribution in [0, 0.1) is 11.3 Å². The van der Waals surface area contributed by atoms with Gasteiger partial charge in [-0.1, -0.05) is 48.0 Å². The number of hydrogen-bond acceptors (Lipinski definition) is 11. The van der Waals surface area contributed by atoms with Gasteiger partial charge in [0.2, 0.25) is 23.5 Å². The molecule has 0 aromatic heterocycles. The highest BCUT2D eigenvalue weighted by atomic mass is 32.2. The Bertz CT molecular complexity index is 1170. The maximum Gasteiger partial charge on any atom is 0.407 e. The number of rotatable bonds is 16. The van der Waals surface area contributed by atoms with Crippen molar-refractivity contribution in [2.24, 2.45) is 11.3 Å². The quantitative estimate of drug-likeness (QED) is 0.146. The molecule has 2 fully saturated rings. The predicted molar refractivity (Wildman–Crippen MR) is 190 cm³/mol. The van der Waals surface area contributed by atoms with Crippen molar-refractivity contribution in [1.29, 1.82) is 0 Å². The number of ether oxygens (including phenoxy) is 2. The molecular formula is C33H57N5O9S2. The average molecular weight is 732 g/mol. The minimum Gasteiger partial charge on any atom is -0.449 e. The number of likely N-dealkylation sites (tertiary alicyclic amines) is 1. The molecule has 5 amide bonds. The van der Waals surface area contributed by atoms with E-state index in [9.17, 15) is 33.9 Å². The summed E-state index contributed by atoms with van der Waals surface area (Å²) in [6, 6.07) is -3.80. The Morgan fingerprint density at radius 1 is 0.959 bits per heavy atom. The zero-order chi connectivity index (χ0) is 37.1. The zero-order valence-electron chi connectivity index (χ0n) is 30.4. The van der Waals surface area contributed by atoms with Gasteiger partial charge in [-0.05, 0) is 38.5 Å². The van der Waals surface area contributed by atoms with Crippen LogP contribution in [-0.4, -0.2) is 124 Å². The van der Waals surface area contributed by atoms with E-state index in [0.29, 0.717) is 6.42 Å². The molecule has 0 aliphatic carbocycles. The van der Waals surface area contributed by atoms with Gasteiger partial charge in [-0.15, -0.1) is 23.5 Å². The lowest BCUT2D eigenvalue weighted by Crippen LogP contribution is -2.59. The summed E-state index contributed by atoms with van der Waals surface area (Å²) in [5, 5.41) is 20.1. The Morgan fingerprint density at radius 2 is 1.59 bits per heavy atom. The molecule has 0 spiro atoms. The molecule has 0 saturated carbocycles. The van der Waals surface area contributed by atoms with E-state index in [1.807, 2.05) is 34.6 Å². The van der Waals surface area contributed by atoms with Gasteiger partial charge in [-0.2, -0.15) is 0 Å². The number of alkyl carbamates (subject to hydrolysis) is 1. The molecule has 0 bridgehead atoms. The fourth-order valence-corrected chi connectivity index (χ4v) is 8.36. The Morgan fingerprint density at radius 3 is 2.12 bits per heavy atom. The summed E-state index contributed by atoms with van der Waals surface area (Å²) in [7, 11) is 0. The Labute approximate surface area is 299 Å². The first-order chi connectivity index (χ1) is 22.8. The van der Waals surface area contributed by atoms with Gasteiger partial charge in [-0.25, -0.2) is 4.79 Å². The van der Waals surface area contributed by atoms with Gasteiger partial charge in [-0.3, -0.25) is 24.0 Å². The summed E-state index contributed by atoms with van der Waals surface area (Å²) in [6.45, 7) is 16.0. The van der Waals surface area contributed by atoms with E-state index >= 15 is 0 Å². The highest BCUT2D eigenvalue weighted by molar-refractivity contribution is 8.20. The molecule has 5 N–H and O–H groups in total. The van der Waals surface area contributed by atoms with Crippen molar-refractivity contribution in [3.8, 4) is 0 Å². The van der Waals surface area contributed by atoms with Gasteiger partial charge >= 0.3 is 6.09 Å². The number of Topliss-reactive ketones (excluding diaryl/α,β-unsaturated/α-hetero) is 1. The first-order valence-corrected chi connectivity index (χ1v) is 19.0. The van der Waals surface area contributed by atoms with E-state index in [1.54, 1.807) is 51.2 Å². The van der Waals surface area contributed by atoms with Crippen molar-refractivity contribution >= 4 is 59.0 Å². The minimum absolute atomic E-state index is 0.000911. The highest BCUT2D eigenvalue weighted by Crippen LogP contribution is 2.34. The van der Waals surface area contributed by atoms with E-state index in [2.05, 4.69) is 21.3 Å². The molecule has 49 heavy (non-hydrogen) atoms. The van der Waals surface area contributed by atoms with E-state index in [1.165, 1.54) is 4.90 Å². The van der Waals surface area contributed by atoms with Crippen LogP contribution in [0.3, 0.4) is 0 Å². The molecular weight excluding hydrogens is 675 g/mol. The van der Waals surface area contributed by atoms with E-state index in [0.717, 1.165) is 11.5 Å². The van der Waals surface area contributed by atoms with Crippen LogP contribution in [-0.2, 0) is 33.4 Å². The second-order valence-electron chi connectivity index (χ2n) is 14.9. The van der Waals surface area contributed by atoms with Crippen molar-refractivity contribution in [3.63, 3.8) is 0 Å². The first kappa shape index (κ1) is 42.6. The standard InChI is InChI=1S/C33H57N5O9S2/c1-10-11-21(25(41)28(43)34-15-24(40)35-22(17-39)30-48-12-13-49-30)36-27(42)23-14-20(47-33(7,8)9)16-38(23)29(44)26(32(4,5)6)37-31(45)46-18-19(2)3/h19-23,26,30,39H,10-18H2,1-9H3,(H,34,43)(H,35,40)(H,36,42)(H,37,45)/t20-,21?,22-,23+,26-/m1/s1. The van der Waals surface area contributed by atoms with Gasteiger partial charge < -0.3 is 40.7 Å². The molecule has 0 radical (unpaired) electrons. The first-order valence-electron chi connectivity index (χ1n) is 16.9. The molecule has 2 aliphatic rings. The van der Waals surface area contributed by atoms with E-state index < -0.39 is 83.3 Å². The lowest BCUT2D eigenvalue weighted by atomic mass is 9.85. The molecule has 5 atom stereocenters. The molecule has 14 nitrogen and oxygen atoms in total. The number of amides is 5. The van der Waals surface area contributed by atoms with Gasteiger partial charge in [0, 0.05) is 24.5 Å². The second kappa shape index (κ2) is 19.2. The van der Waals surface area contributed by atoms with Crippen LogP contribution in [0.4, 0.5) is 4.79 Å². The van der Waals surface area contributed by atoms with Crippen molar-refractivity contribution < 1.29 is 43.3 Å². The van der Waals surface area contributed by atoms with Crippen LogP contribution in [0.5, 0.6) is 0 Å². The molecule has 1 unspecified atom stereocenters. The number of carbonyl (C=O) groups is 6. The lowest BCUT2D eigenvalue weighted by Gasteiger charge is -2.35. The topological polar surface area (TPSA) is 192 Å². The fourth-order valence-electron chi connectivity index (χ4n) is 5.39. The smallest absolute Gasteiger partial charge is 0.407 e. The number of thioether (sulfide) groups is 2. The number of aliphatic hydroxyl groups is 1. The van der Waals surface area contributed by atoms with Crippen molar-refractivity contribution in [3.05, 3.63) is 0 Å². The van der Waals surface area contributed by atoms with Crippen LogP contribution in [0.15, 0.2) is 0 Å². The third kappa shape index (κ3) is 13.9. The summed E-state index contributed by atoms with van der Waals surface area (Å²) in [5.41, 5.74) is -1.33. The molecule has 0 aromatic carbocycles. The number of nitrogens with one attached hydrogen (secondary N) is 4. The van der Waals surface area contributed by atoms with Gasteiger partial charge in [0.05, 0.1) is 48.1 Å². The largest absolute Gasteiger partial charge is 0.449 e. The lowest BCUT2D eigenvalue weighted by molar-refractivity contribution is -0.144. The molecule has 2 saturated heterocycles. The molecule has 280 valence electrons. The van der Waals surface area contributed by atoms with Crippen LogP contribution in [0.1, 0.15) is 81.6 Å². The van der Waals surface area contributed by atoms with Crippen LogP contribution in [0.25, 0.3) is 0 Å². The number of hydrogen-bond donors (Lipinski definition) is 5. The Kier molecular flexibility index (Phi) is 16.7. The summed E-state index contributed by atoms with van der Waals surface area (Å²) in [4.78, 5) is 80.6. The summed E-state index contributed by atoms with van der Waals surface area (Å²) in [6.07, 6.45) is -0.535.